The minimum atomic E-state index is -0.200. The second-order valence-corrected chi connectivity index (χ2v) is 7.27. The SMILES string of the molecule is Cc1cc(-c2cc3cnc(NC(=O)c4cnn(C5CCC5)c4)cc3[nH]2)ccn1. The van der Waals surface area contributed by atoms with Crippen LogP contribution >= 0.6 is 0 Å². The molecule has 0 unspecified atom stereocenters. The van der Waals surface area contributed by atoms with Crippen LogP contribution < -0.4 is 5.32 Å². The van der Waals surface area contributed by atoms with Crippen LogP contribution in [0.5, 0.6) is 0 Å². The Morgan fingerprint density at radius 1 is 1.21 bits per heavy atom. The number of aryl methyl sites for hydroxylation is 1. The van der Waals surface area contributed by atoms with Crippen LogP contribution in [0.15, 0.2) is 49.1 Å². The van der Waals surface area contributed by atoms with Crippen molar-refractivity contribution in [3.8, 4) is 11.3 Å². The van der Waals surface area contributed by atoms with Gasteiger partial charge in [0.2, 0.25) is 0 Å². The summed E-state index contributed by atoms with van der Waals surface area (Å²) in [6.07, 6.45) is 10.5. The second-order valence-electron chi connectivity index (χ2n) is 7.27. The summed E-state index contributed by atoms with van der Waals surface area (Å²) in [5.41, 5.74) is 4.49. The molecule has 0 saturated heterocycles. The minimum absolute atomic E-state index is 0.200. The zero-order chi connectivity index (χ0) is 19.1. The third-order valence-corrected chi connectivity index (χ3v) is 5.27. The number of rotatable bonds is 4. The summed E-state index contributed by atoms with van der Waals surface area (Å²) in [7, 11) is 0. The minimum Gasteiger partial charge on any atom is -0.354 e. The number of fused-ring (bicyclic) bond motifs is 1. The Labute approximate surface area is 161 Å². The summed E-state index contributed by atoms with van der Waals surface area (Å²) in [4.78, 5) is 24.5. The monoisotopic (exact) mass is 372 g/mol. The number of H-pyrrole nitrogens is 1. The first-order valence-corrected chi connectivity index (χ1v) is 9.43. The molecule has 7 nitrogen and oxygen atoms in total. The molecule has 4 heterocycles. The first-order valence-electron chi connectivity index (χ1n) is 9.43. The Morgan fingerprint density at radius 3 is 2.89 bits per heavy atom. The van der Waals surface area contributed by atoms with E-state index in [-0.39, 0.29) is 5.91 Å². The number of aromatic nitrogens is 5. The van der Waals surface area contributed by atoms with E-state index in [0.717, 1.165) is 40.7 Å². The molecule has 28 heavy (non-hydrogen) atoms. The maximum Gasteiger partial charge on any atom is 0.260 e. The zero-order valence-corrected chi connectivity index (χ0v) is 15.5. The van der Waals surface area contributed by atoms with Crippen molar-refractivity contribution < 1.29 is 4.79 Å². The molecule has 1 saturated carbocycles. The molecule has 4 aromatic rings. The van der Waals surface area contributed by atoms with Gasteiger partial charge in [0.1, 0.15) is 5.82 Å². The fraction of sp³-hybridized carbons (Fsp3) is 0.238. The van der Waals surface area contributed by atoms with E-state index in [1.165, 1.54) is 6.42 Å². The van der Waals surface area contributed by atoms with Gasteiger partial charge in [0, 0.05) is 47.0 Å². The van der Waals surface area contributed by atoms with Crippen LogP contribution in [0.25, 0.3) is 22.2 Å². The number of carbonyl (C=O) groups excluding carboxylic acids is 1. The first-order chi connectivity index (χ1) is 13.7. The van der Waals surface area contributed by atoms with Gasteiger partial charge in [-0.25, -0.2) is 4.98 Å². The Balaban J connectivity index is 1.37. The van der Waals surface area contributed by atoms with Gasteiger partial charge in [-0.1, -0.05) is 0 Å². The number of hydrogen-bond donors (Lipinski definition) is 2. The summed E-state index contributed by atoms with van der Waals surface area (Å²) in [6, 6.07) is 8.32. The molecule has 5 rings (SSSR count). The lowest BCUT2D eigenvalue weighted by molar-refractivity contribution is 0.102. The van der Waals surface area contributed by atoms with E-state index >= 15 is 0 Å². The van der Waals surface area contributed by atoms with Gasteiger partial charge in [-0.15, -0.1) is 0 Å². The number of aromatic amines is 1. The molecule has 0 spiro atoms. The van der Waals surface area contributed by atoms with Crippen LogP contribution in [0.2, 0.25) is 0 Å². The lowest BCUT2D eigenvalue weighted by Crippen LogP contribution is -2.17. The molecule has 0 radical (unpaired) electrons. The molecule has 1 fully saturated rings. The van der Waals surface area contributed by atoms with Crippen molar-refractivity contribution in [2.24, 2.45) is 0 Å². The van der Waals surface area contributed by atoms with Crippen molar-refractivity contribution in [1.82, 2.24) is 24.7 Å². The molecule has 1 aliphatic carbocycles. The van der Waals surface area contributed by atoms with Gasteiger partial charge in [-0.05, 0) is 44.4 Å². The van der Waals surface area contributed by atoms with Gasteiger partial charge in [0.05, 0.1) is 23.3 Å². The van der Waals surface area contributed by atoms with Gasteiger partial charge in [-0.3, -0.25) is 14.5 Å². The highest BCUT2D eigenvalue weighted by Crippen LogP contribution is 2.31. The van der Waals surface area contributed by atoms with E-state index in [4.69, 9.17) is 0 Å². The topological polar surface area (TPSA) is 88.5 Å². The summed E-state index contributed by atoms with van der Waals surface area (Å²) in [5, 5.41) is 8.17. The number of hydrogen-bond acceptors (Lipinski definition) is 4. The predicted molar refractivity (Wildman–Crippen MR) is 107 cm³/mol. The van der Waals surface area contributed by atoms with E-state index < -0.39 is 0 Å². The number of nitrogens with one attached hydrogen (secondary N) is 2. The molecule has 7 heteroatoms. The molecule has 2 N–H and O–H groups in total. The molecule has 0 aliphatic heterocycles. The normalized spacial score (nSPS) is 14.2. The summed E-state index contributed by atoms with van der Waals surface area (Å²) < 4.78 is 1.89. The van der Waals surface area contributed by atoms with Gasteiger partial charge in [0.15, 0.2) is 0 Å². The average molecular weight is 372 g/mol. The maximum absolute atomic E-state index is 12.5. The highest BCUT2D eigenvalue weighted by molar-refractivity contribution is 6.04. The number of nitrogens with zero attached hydrogens (tertiary/aromatic N) is 4. The Kier molecular flexibility index (Phi) is 3.93. The Morgan fingerprint density at radius 2 is 2.11 bits per heavy atom. The Bertz CT molecular complexity index is 1170. The molecular weight excluding hydrogens is 352 g/mol. The van der Waals surface area contributed by atoms with E-state index in [1.54, 1.807) is 18.6 Å². The highest BCUT2D eigenvalue weighted by atomic mass is 16.1. The Hall–Kier alpha value is -3.48. The van der Waals surface area contributed by atoms with Gasteiger partial charge >= 0.3 is 0 Å². The number of pyridine rings is 2. The van der Waals surface area contributed by atoms with Gasteiger partial charge in [-0.2, -0.15) is 5.10 Å². The average Bonchev–Trinajstić information content (AvgIpc) is 3.27. The molecule has 4 aromatic heterocycles. The summed E-state index contributed by atoms with van der Waals surface area (Å²) in [6.45, 7) is 1.97. The second kappa shape index (κ2) is 6.60. The van der Waals surface area contributed by atoms with Crippen molar-refractivity contribution in [2.75, 3.05) is 5.32 Å². The van der Waals surface area contributed by atoms with Crippen LogP contribution in [0.1, 0.15) is 41.4 Å². The van der Waals surface area contributed by atoms with Crippen molar-refractivity contribution in [3.05, 3.63) is 60.3 Å². The third kappa shape index (κ3) is 3.05. The van der Waals surface area contributed by atoms with Crippen molar-refractivity contribution >= 4 is 22.6 Å². The van der Waals surface area contributed by atoms with E-state index in [0.29, 0.717) is 17.4 Å². The molecule has 140 valence electrons. The highest BCUT2D eigenvalue weighted by Gasteiger charge is 2.21. The largest absolute Gasteiger partial charge is 0.354 e. The maximum atomic E-state index is 12.5. The molecule has 0 atom stereocenters. The summed E-state index contributed by atoms with van der Waals surface area (Å²) >= 11 is 0. The van der Waals surface area contributed by atoms with Crippen LogP contribution in [0.4, 0.5) is 5.82 Å². The summed E-state index contributed by atoms with van der Waals surface area (Å²) in [5.74, 6) is 0.308. The van der Waals surface area contributed by atoms with Crippen LogP contribution in [0, 0.1) is 6.92 Å². The van der Waals surface area contributed by atoms with Crippen LogP contribution in [-0.4, -0.2) is 30.6 Å². The van der Waals surface area contributed by atoms with Crippen molar-refractivity contribution in [2.45, 2.75) is 32.2 Å². The lowest BCUT2D eigenvalue weighted by Gasteiger charge is -2.25. The predicted octanol–water partition coefficient (Wildman–Crippen LogP) is 4.11. The third-order valence-electron chi connectivity index (χ3n) is 5.27. The fourth-order valence-electron chi connectivity index (χ4n) is 3.46. The van der Waals surface area contributed by atoms with Crippen molar-refractivity contribution in [1.29, 1.82) is 0 Å². The van der Waals surface area contributed by atoms with Gasteiger partial charge < -0.3 is 10.3 Å². The molecule has 1 aliphatic rings. The molecule has 0 bridgehead atoms. The standard InChI is InChI=1S/C21H20N6O/c1-13-7-14(5-6-22-13)18-8-15-10-23-20(9-19(15)25-18)26-21(28)16-11-24-27(12-16)17-3-2-4-17/h5-12,17,25H,2-4H2,1H3,(H,23,26,28). The number of carbonyl (C=O) groups is 1. The van der Waals surface area contributed by atoms with E-state index in [9.17, 15) is 4.79 Å². The fourth-order valence-corrected chi connectivity index (χ4v) is 3.46. The number of anilines is 1. The van der Waals surface area contributed by atoms with Crippen LogP contribution in [0.3, 0.4) is 0 Å². The van der Waals surface area contributed by atoms with Crippen LogP contribution in [-0.2, 0) is 0 Å². The smallest absolute Gasteiger partial charge is 0.260 e. The zero-order valence-electron chi connectivity index (χ0n) is 15.5. The lowest BCUT2D eigenvalue weighted by atomic mass is 9.93. The molecular formula is C21H20N6O. The quantitative estimate of drug-likeness (QED) is 0.564. The first kappa shape index (κ1) is 16.7. The number of amides is 1. The molecule has 1 amide bonds. The van der Waals surface area contributed by atoms with E-state index in [1.807, 2.05) is 42.1 Å². The molecule has 0 aromatic carbocycles. The van der Waals surface area contributed by atoms with Crippen molar-refractivity contribution in [3.63, 3.8) is 0 Å². The van der Waals surface area contributed by atoms with E-state index in [2.05, 4.69) is 25.4 Å². The van der Waals surface area contributed by atoms with Gasteiger partial charge in [0.25, 0.3) is 5.91 Å².